The molecule has 1 aliphatic heterocycles. The number of carbonyl (C=O) groups is 1. The average molecular weight is 186 g/mol. The Morgan fingerprint density at radius 3 is 2.77 bits per heavy atom. The summed E-state index contributed by atoms with van der Waals surface area (Å²) in [6, 6.07) is 0. The van der Waals surface area contributed by atoms with Crippen LogP contribution in [0.3, 0.4) is 0 Å². The molecule has 4 nitrogen and oxygen atoms in total. The molecule has 76 valence electrons. The summed E-state index contributed by atoms with van der Waals surface area (Å²) in [6.07, 6.45) is 1.13. The van der Waals surface area contributed by atoms with Crippen molar-refractivity contribution >= 4 is 5.97 Å². The van der Waals surface area contributed by atoms with Crippen LogP contribution in [0.25, 0.3) is 0 Å². The molecule has 1 heterocycles. The fraction of sp³-hybridized carbons (Fsp3) is 0.889. The lowest BCUT2D eigenvalue weighted by molar-refractivity contribution is -0.139. The Hall–Kier alpha value is -0.610. The van der Waals surface area contributed by atoms with E-state index in [0.717, 1.165) is 26.1 Å². The molecule has 0 radical (unpaired) electrons. The van der Waals surface area contributed by atoms with Crippen LogP contribution in [0.4, 0.5) is 0 Å². The first-order chi connectivity index (χ1) is 6.12. The highest BCUT2D eigenvalue weighted by Gasteiger charge is 2.38. The monoisotopic (exact) mass is 186 g/mol. The molecule has 1 aliphatic rings. The van der Waals surface area contributed by atoms with Crippen molar-refractivity contribution in [3.8, 4) is 0 Å². The minimum absolute atomic E-state index is 0.165. The van der Waals surface area contributed by atoms with Gasteiger partial charge in [0.1, 0.15) is 0 Å². The number of rotatable bonds is 4. The molecule has 13 heavy (non-hydrogen) atoms. The molecule has 0 aromatic rings. The molecule has 1 fully saturated rings. The van der Waals surface area contributed by atoms with Gasteiger partial charge in [-0.3, -0.25) is 4.79 Å². The summed E-state index contributed by atoms with van der Waals surface area (Å²) < 4.78 is 0. The minimum atomic E-state index is -0.733. The number of carboxylic acids is 1. The van der Waals surface area contributed by atoms with Crippen molar-refractivity contribution < 1.29 is 9.90 Å². The van der Waals surface area contributed by atoms with Gasteiger partial charge < -0.3 is 15.7 Å². The van der Waals surface area contributed by atoms with Gasteiger partial charge in [-0.2, -0.15) is 0 Å². The van der Waals surface area contributed by atoms with Gasteiger partial charge in [-0.1, -0.05) is 6.92 Å². The third-order valence-electron chi connectivity index (χ3n) is 2.92. The fourth-order valence-electron chi connectivity index (χ4n) is 2.00. The van der Waals surface area contributed by atoms with Gasteiger partial charge in [0, 0.05) is 12.0 Å². The van der Waals surface area contributed by atoms with E-state index in [-0.39, 0.29) is 11.8 Å². The number of nitrogens with two attached hydrogens (primary N) is 1. The molecule has 3 N–H and O–H groups in total. The van der Waals surface area contributed by atoms with Crippen molar-refractivity contribution in [2.45, 2.75) is 19.8 Å². The molecule has 1 saturated heterocycles. The second kappa shape index (κ2) is 4.07. The van der Waals surface area contributed by atoms with Gasteiger partial charge in [-0.15, -0.1) is 0 Å². The van der Waals surface area contributed by atoms with E-state index >= 15 is 0 Å². The third kappa shape index (κ3) is 2.42. The minimum Gasteiger partial charge on any atom is -0.481 e. The molecule has 1 atom stereocenters. The number of hydrogen-bond acceptors (Lipinski definition) is 3. The summed E-state index contributed by atoms with van der Waals surface area (Å²) in [6.45, 7) is 5.39. The van der Waals surface area contributed by atoms with Crippen LogP contribution >= 0.6 is 0 Å². The van der Waals surface area contributed by atoms with Crippen molar-refractivity contribution in [3.63, 3.8) is 0 Å². The Bertz CT molecular complexity index is 196. The Kier molecular flexibility index (Phi) is 3.27. The number of nitrogens with zero attached hydrogens (tertiary/aromatic N) is 1. The van der Waals surface area contributed by atoms with Gasteiger partial charge in [0.25, 0.3) is 0 Å². The Labute approximate surface area is 78.7 Å². The van der Waals surface area contributed by atoms with E-state index in [1.807, 2.05) is 0 Å². The number of likely N-dealkylation sites (tertiary alicyclic amines) is 1. The van der Waals surface area contributed by atoms with E-state index in [1.54, 1.807) is 0 Å². The first kappa shape index (κ1) is 10.5. The topological polar surface area (TPSA) is 66.6 Å². The molecule has 0 spiro atoms. The maximum Gasteiger partial charge on any atom is 0.304 e. The van der Waals surface area contributed by atoms with Crippen LogP contribution < -0.4 is 5.73 Å². The normalized spacial score (nSPS) is 29.4. The highest BCUT2D eigenvalue weighted by Crippen LogP contribution is 2.32. The van der Waals surface area contributed by atoms with Gasteiger partial charge in [0.15, 0.2) is 0 Å². The summed E-state index contributed by atoms with van der Waals surface area (Å²) in [7, 11) is 0. The Balaban J connectivity index is 2.57. The van der Waals surface area contributed by atoms with Crippen LogP contribution in [-0.2, 0) is 4.79 Å². The van der Waals surface area contributed by atoms with Crippen LogP contribution in [-0.4, -0.2) is 42.2 Å². The van der Waals surface area contributed by atoms with Gasteiger partial charge in [0.05, 0.1) is 6.42 Å². The molecular weight excluding hydrogens is 168 g/mol. The number of hydrogen-bond donors (Lipinski definition) is 2. The van der Waals surface area contributed by atoms with E-state index in [2.05, 4.69) is 11.8 Å². The Morgan fingerprint density at radius 1 is 1.69 bits per heavy atom. The van der Waals surface area contributed by atoms with Crippen molar-refractivity contribution in [1.29, 1.82) is 0 Å². The smallest absolute Gasteiger partial charge is 0.304 e. The lowest BCUT2D eigenvalue weighted by Crippen LogP contribution is -2.36. The molecule has 0 aromatic heterocycles. The fourth-order valence-corrected chi connectivity index (χ4v) is 2.00. The zero-order valence-corrected chi connectivity index (χ0v) is 8.12. The number of carboxylic acid groups (broad SMARTS) is 1. The summed E-state index contributed by atoms with van der Waals surface area (Å²) in [4.78, 5) is 12.9. The molecular formula is C9H18N2O2. The van der Waals surface area contributed by atoms with Crippen molar-refractivity contribution in [1.82, 2.24) is 4.90 Å². The summed E-state index contributed by atoms with van der Waals surface area (Å²) in [5, 5.41) is 8.76. The van der Waals surface area contributed by atoms with Gasteiger partial charge in [-0.05, 0) is 26.1 Å². The van der Waals surface area contributed by atoms with Crippen molar-refractivity contribution in [2.75, 3.05) is 26.2 Å². The SMILES string of the molecule is CCN1CCC(CN)(CC(=O)O)C1. The van der Waals surface area contributed by atoms with Crippen molar-refractivity contribution in [3.05, 3.63) is 0 Å². The van der Waals surface area contributed by atoms with Crippen LogP contribution in [0.5, 0.6) is 0 Å². The second-order valence-corrected chi connectivity index (χ2v) is 3.89. The van der Waals surface area contributed by atoms with Crippen molar-refractivity contribution in [2.24, 2.45) is 11.1 Å². The van der Waals surface area contributed by atoms with Gasteiger partial charge >= 0.3 is 5.97 Å². The highest BCUT2D eigenvalue weighted by molar-refractivity contribution is 5.67. The van der Waals surface area contributed by atoms with Gasteiger partial charge in [0.2, 0.25) is 0 Å². The Morgan fingerprint density at radius 2 is 2.38 bits per heavy atom. The van der Waals surface area contributed by atoms with E-state index < -0.39 is 5.97 Å². The number of aliphatic carboxylic acids is 1. The van der Waals surface area contributed by atoms with E-state index in [4.69, 9.17) is 10.8 Å². The quantitative estimate of drug-likeness (QED) is 0.655. The van der Waals surface area contributed by atoms with Crippen LogP contribution in [0.2, 0.25) is 0 Å². The predicted molar refractivity (Wildman–Crippen MR) is 50.5 cm³/mol. The average Bonchev–Trinajstić information content (AvgIpc) is 2.48. The first-order valence-corrected chi connectivity index (χ1v) is 4.76. The molecule has 0 aromatic carbocycles. The standard InChI is InChI=1S/C9H18N2O2/c1-2-11-4-3-9(6-10,7-11)5-8(12)13/h2-7,10H2,1H3,(H,12,13). The molecule has 1 unspecified atom stereocenters. The molecule has 0 bridgehead atoms. The maximum atomic E-state index is 10.6. The van der Waals surface area contributed by atoms with Crippen LogP contribution in [0.15, 0.2) is 0 Å². The molecule has 4 heteroatoms. The lowest BCUT2D eigenvalue weighted by atomic mass is 9.84. The van der Waals surface area contributed by atoms with Crippen LogP contribution in [0, 0.1) is 5.41 Å². The predicted octanol–water partition coefficient (Wildman–Crippen LogP) is 0.132. The summed E-state index contributed by atoms with van der Waals surface area (Å²) in [5.41, 5.74) is 5.48. The van der Waals surface area contributed by atoms with Crippen LogP contribution in [0.1, 0.15) is 19.8 Å². The van der Waals surface area contributed by atoms with E-state index in [1.165, 1.54) is 0 Å². The third-order valence-corrected chi connectivity index (χ3v) is 2.92. The van der Waals surface area contributed by atoms with E-state index in [0.29, 0.717) is 6.54 Å². The summed E-state index contributed by atoms with van der Waals surface area (Å²) >= 11 is 0. The molecule has 1 rings (SSSR count). The molecule has 0 aliphatic carbocycles. The van der Waals surface area contributed by atoms with E-state index in [9.17, 15) is 4.79 Å². The molecule has 0 saturated carbocycles. The largest absolute Gasteiger partial charge is 0.481 e. The maximum absolute atomic E-state index is 10.6. The van der Waals surface area contributed by atoms with Gasteiger partial charge in [-0.25, -0.2) is 0 Å². The lowest BCUT2D eigenvalue weighted by Gasteiger charge is -2.25. The zero-order chi connectivity index (χ0) is 9.90. The zero-order valence-electron chi connectivity index (χ0n) is 8.12. The summed E-state index contributed by atoms with van der Waals surface area (Å²) in [5.74, 6) is -0.733. The first-order valence-electron chi connectivity index (χ1n) is 4.76. The molecule has 0 amide bonds. The highest BCUT2D eigenvalue weighted by atomic mass is 16.4. The second-order valence-electron chi connectivity index (χ2n) is 3.89.